The Morgan fingerprint density at radius 3 is 2.50 bits per heavy atom. The number of unbranched alkanes of at least 4 members (excludes halogenated alkanes) is 3. The van der Waals surface area contributed by atoms with Gasteiger partial charge in [-0.05, 0) is 50.4 Å². The largest absolute Gasteiger partial charge is 0.314 e. The topological polar surface area (TPSA) is 12.0 Å². The molecule has 0 aliphatic heterocycles. The van der Waals surface area contributed by atoms with Crippen molar-refractivity contribution >= 4 is 0 Å². The van der Waals surface area contributed by atoms with Crippen LogP contribution in [0.25, 0.3) is 0 Å². The van der Waals surface area contributed by atoms with Crippen molar-refractivity contribution in [2.24, 2.45) is 11.3 Å². The minimum atomic E-state index is 0.744. The Balaban J connectivity index is 1.52. The van der Waals surface area contributed by atoms with Crippen LogP contribution in [-0.2, 0) is 0 Å². The van der Waals surface area contributed by atoms with Crippen molar-refractivity contribution in [1.29, 1.82) is 0 Å². The summed E-state index contributed by atoms with van der Waals surface area (Å²) >= 11 is 0. The fraction of sp³-hybridized carbons (Fsp3) is 1.00. The van der Waals surface area contributed by atoms with Crippen LogP contribution < -0.4 is 5.32 Å². The van der Waals surface area contributed by atoms with Gasteiger partial charge in [-0.15, -0.1) is 0 Å². The summed E-state index contributed by atoms with van der Waals surface area (Å²) in [5.74, 6) is 1.10. The molecule has 2 aliphatic rings. The third-order valence-electron chi connectivity index (χ3n) is 4.63. The molecule has 0 radical (unpaired) electrons. The van der Waals surface area contributed by atoms with Crippen molar-refractivity contribution < 1.29 is 0 Å². The number of rotatable bonds is 9. The van der Waals surface area contributed by atoms with Crippen LogP contribution in [0.3, 0.4) is 0 Å². The van der Waals surface area contributed by atoms with Crippen molar-refractivity contribution in [2.75, 3.05) is 6.54 Å². The maximum atomic E-state index is 3.78. The molecule has 0 saturated heterocycles. The molecule has 94 valence electrons. The molecule has 2 fully saturated rings. The molecule has 0 amide bonds. The second kappa shape index (κ2) is 5.53. The van der Waals surface area contributed by atoms with E-state index in [4.69, 9.17) is 0 Å². The van der Waals surface area contributed by atoms with Gasteiger partial charge < -0.3 is 5.32 Å². The van der Waals surface area contributed by atoms with Gasteiger partial charge in [-0.1, -0.05) is 32.6 Å². The lowest BCUT2D eigenvalue weighted by Crippen LogP contribution is -2.32. The number of hydrogen-bond donors (Lipinski definition) is 1. The average Bonchev–Trinajstić information content (AvgIpc) is 3.14. The van der Waals surface area contributed by atoms with Gasteiger partial charge >= 0.3 is 0 Å². The Labute approximate surface area is 101 Å². The van der Waals surface area contributed by atoms with E-state index in [0.29, 0.717) is 0 Å². The molecule has 1 nitrogen and oxygen atoms in total. The van der Waals surface area contributed by atoms with E-state index in [0.717, 1.165) is 17.4 Å². The summed E-state index contributed by atoms with van der Waals surface area (Å²) in [5, 5.41) is 3.78. The van der Waals surface area contributed by atoms with Gasteiger partial charge in [0.25, 0.3) is 0 Å². The van der Waals surface area contributed by atoms with Crippen LogP contribution in [-0.4, -0.2) is 12.6 Å². The second-order valence-corrected chi connectivity index (χ2v) is 6.27. The number of hydrogen-bond acceptors (Lipinski definition) is 1. The first-order valence-corrected chi connectivity index (χ1v) is 7.50. The van der Waals surface area contributed by atoms with E-state index >= 15 is 0 Å². The summed E-state index contributed by atoms with van der Waals surface area (Å²) < 4.78 is 0. The summed E-state index contributed by atoms with van der Waals surface area (Å²) in [5.41, 5.74) is 0.775. The first kappa shape index (κ1) is 12.4. The van der Waals surface area contributed by atoms with Crippen molar-refractivity contribution in [2.45, 2.75) is 77.7 Å². The van der Waals surface area contributed by atoms with Gasteiger partial charge in [0.1, 0.15) is 0 Å². The third-order valence-corrected chi connectivity index (χ3v) is 4.63. The van der Waals surface area contributed by atoms with Crippen molar-refractivity contribution in [1.82, 2.24) is 5.32 Å². The van der Waals surface area contributed by atoms with E-state index in [9.17, 15) is 0 Å². The fourth-order valence-electron chi connectivity index (χ4n) is 2.94. The fourth-order valence-corrected chi connectivity index (χ4v) is 2.94. The van der Waals surface area contributed by atoms with Gasteiger partial charge in [-0.3, -0.25) is 0 Å². The standard InChI is InChI=1S/C15H29N/c1-3-4-5-6-7-13(2)16-12-15(10-11-15)14-8-9-14/h13-14,16H,3-12H2,1-2H3. The second-order valence-electron chi connectivity index (χ2n) is 6.27. The van der Waals surface area contributed by atoms with E-state index in [-0.39, 0.29) is 0 Å². The molecule has 0 heterocycles. The normalized spacial score (nSPS) is 24.4. The van der Waals surface area contributed by atoms with Gasteiger partial charge in [-0.25, -0.2) is 0 Å². The zero-order valence-corrected chi connectivity index (χ0v) is 11.2. The van der Waals surface area contributed by atoms with E-state index < -0.39 is 0 Å². The summed E-state index contributed by atoms with van der Waals surface area (Å²) in [4.78, 5) is 0. The molecule has 1 N–H and O–H groups in total. The molecule has 1 atom stereocenters. The first-order chi connectivity index (χ1) is 7.77. The van der Waals surface area contributed by atoms with E-state index in [1.54, 1.807) is 0 Å². The molecule has 1 unspecified atom stereocenters. The Morgan fingerprint density at radius 1 is 1.19 bits per heavy atom. The molecular formula is C15H29N. The Morgan fingerprint density at radius 2 is 1.94 bits per heavy atom. The minimum absolute atomic E-state index is 0.744. The van der Waals surface area contributed by atoms with Gasteiger partial charge in [0.2, 0.25) is 0 Å². The van der Waals surface area contributed by atoms with Gasteiger partial charge in [0.05, 0.1) is 0 Å². The SMILES string of the molecule is CCCCCCC(C)NCC1(C2CC2)CC1. The first-order valence-electron chi connectivity index (χ1n) is 7.50. The van der Waals surface area contributed by atoms with Crippen LogP contribution in [0.1, 0.15) is 71.6 Å². The zero-order chi connectivity index (χ0) is 11.4. The van der Waals surface area contributed by atoms with E-state index in [1.807, 2.05) is 0 Å². The van der Waals surface area contributed by atoms with E-state index in [1.165, 1.54) is 64.3 Å². The molecule has 0 aromatic rings. The quantitative estimate of drug-likeness (QED) is 0.580. The average molecular weight is 223 g/mol. The van der Waals surface area contributed by atoms with Crippen LogP contribution >= 0.6 is 0 Å². The van der Waals surface area contributed by atoms with Crippen molar-refractivity contribution in [3.8, 4) is 0 Å². The number of nitrogens with one attached hydrogen (secondary N) is 1. The van der Waals surface area contributed by atoms with Crippen molar-refractivity contribution in [3.63, 3.8) is 0 Å². The molecule has 0 aromatic carbocycles. The molecule has 16 heavy (non-hydrogen) atoms. The van der Waals surface area contributed by atoms with Crippen LogP contribution in [0.4, 0.5) is 0 Å². The highest BCUT2D eigenvalue weighted by Gasteiger charge is 2.53. The lowest BCUT2D eigenvalue weighted by molar-refractivity contribution is 0.367. The molecule has 2 rings (SSSR count). The predicted octanol–water partition coefficient (Wildman–Crippen LogP) is 4.13. The maximum Gasteiger partial charge on any atom is 0.00389 e. The van der Waals surface area contributed by atoms with Crippen LogP contribution in [0.2, 0.25) is 0 Å². The monoisotopic (exact) mass is 223 g/mol. The highest BCUT2D eigenvalue weighted by molar-refractivity contribution is 5.05. The van der Waals surface area contributed by atoms with Crippen LogP contribution in [0.5, 0.6) is 0 Å². The Kier molecular flexibility index (Phi) is 4.29. The summed E-state index contributed by atoms with van der Waals surface area (Å²) in [6.07, 6.45) is 13.0. The summed E-state index contributed by atoms with van der Waals surface area (Å²) in [6, 6.07) is 0.744. The lowest BCUT2D eigenvalue weighted by Gasteiger charge is -2.19. The lowest BCUT2D eigenvalue weighted by atomic mass is 10.00. The molecule has 0 aromatic heterocycles. The summed E-state index contributed by atoms with van der Waals surface area (Å²) in [6.45, 7) is 5.97. The molecule has 2 saturated carbocycles. The van der Waals surface area contributed by atoms with Crippen molar-refractivity contribution in [3.05, 3.63) is 0 Å². The minimum Gasteiger partial charge on any atom is -0.314 e. The maximum absolute atomic E-state index is 3.78. The summed E-state index contributed by atoms with van der Waals surface area (Å²) in [7, 11) is 0. The highest BCUT2D eigenvalue weighted by atomic mass is 14.9. The van der Waals surface area contributed by atoms with Crippen LogP contribution in [0.15, 0.2) is 0 Å². The molecule has 0 bridgehead atoms. The van der Waals surface area contributed by atoms with E-state index in [2.05, 4.69) is 19.2 Å². The smallest absolute Gasteiger partial charge is 0.00389 e. The Bertz CT molecular complexity index is 203. The molecule has 2 aliphatic carbocycles. The molecule has 1 heteroatoms. The van der Waals surface area contributed by atoms with Crippen LogP contribution in [0, 0.1) is 11.3 Å². The van der Waals surface area contributed by atoms with Gasteiger partial charge in [0.15, 0.2) is 0 Å². The molecule has 0 spiro atoms. The highest BCUT2D eigenvalue weighted by Crippen LogP contribution is 2.60. The predicted molar refractivity (Wildman–Crippen MR) is 70.6 cm³/mol. The Hall–Kier alpha value is -0.0400. The third kappa shape index (κ3) is 3.48. The molecular weight excluding hydrogens is 194 g/mol. The zero-order valence-electron chi connectivity index (χ0n) is 11.2. The van der Waals surface area contributed by atoms with Gasteiger partial charge in [-0.2, -0.15) is 0 Å². The van der Waals surface area contributed by atoms with Gasteiger partial charge in [0, 0.05) is 12.6 Å².